The molecule has 2 aliphatic rings. The first kappa shape index (κ1) is 15.3. The van der Waals surface area contributed by atoms with Gasteiger partial charge in [-0.2, -0.15) is 0 Å². The number of likely N-dealkylation sites (tertiary alicyclic amines) is 1. The normalized spacial score (nSPS) is 29.4. The number of aliphatic hydroxyl groups is 2. The molecule has 3 atom stereocenters. The number of carbonyl (C=O) groups is 1. The van der Waals surface area contributed by atoms with E-state index in [0.29, 0.717) is 28.8 Å². The predicted octanol–water partition coefficient (Wildman–Crippen LogP) is 0.779. The third-order valence-corrected chi connectivity index (χ3v) is 4.84. The maximum atomic E-state index is 12.4. The molecule has 24 heavy (non-hydrogen) atoms. The average molecular weight is 333 g/mol. The Bertz CT molecular complexity index is 802. The Hall–Kier alpha value is -2.19. The predicted molar refractivity (Wildman–Crippen MR) is 82.2 cm³/mol. The van der Waals surface area contributed by atoms with E-state index in [0.717, 1.165) is 0 Å². The number of hydrogen-bond donors (Lipinski definition) is 2. The Morgan fingerprint density at radius 2 is 1.96 bits per heavy atom. The average Bonchev–Trinajstić information content (AvgIpc) is 2.96. The van der Waals surface area contributed by atoms with Crippen molar-refractivity contribution in [3.8, 4) is 5.75 Å². The smallest absolute Gasteiger partial charge is 0.223 e. The van der Waals surface area contributed by atoms with E-state index in [1.807, 2.05) is 0 Å². The second kappa shape index (κ2) is 5.15. The fourth-order valence-electron chi connectivity index (χ4n) is 3.50. The third-order valence-electron chi connectivity index (χ3n) is 4.84. The lowest BCUT2D eigenvalue weighted by molar-refractivity contribution is -0.152. The van der Waals surface area contributed by atoms with Crippen molar-refractivity contribution in [2.75, 3.05) is 6.54 Å². The van der Waals surface area contributed by atoms with Gasteiger partial charge < -0.3 is 19.8 Å². The lowest BCUT2D eigenvalue weighted by Gasteiger charge is -2.47. The molecular formula is C16H19N3O5. The number of aromatic nitrogens is 2. The number of piperidine rings is 1. The standard InChI is InChI=1S/C16H19N3O5/c1-16(2)15(22)14(19-7-8(20)3-4-13(19)21)9-5-10-11(18-24-17-10)6-12(9)23-16/h5-6,8,14-15,20,22H,3-4,7H2,1-2H3. The molecule has 1 aromatic heterocycles. The molecule has 0 radical (unpaired) electrons. The highest BCUT2D eigenvalue weighted by molar-refractivity contribution is 5.80. The van der Waals surface area contributed by atoms with Gasteiger partial charge >= 0.3 is 0 Å². The van der Waals surface area contributed by atoms with Crippen LogP contribution >= 0.6 is 0 Å². The van der Waals surface area contributed by atoms with Gasteiger partial charge in [-0.25, -0.2) is 4.63 Å². The molecule has 3 unspecified atom stereocenters. The zero-order chi connectivity index (χ0) is 17.1. The number of amides is 1. The molecule has 128 valence electrons. The molecule has 3 heterocycles. The van der Waals surface area contributed by atoms with Crippen molar-refractivity contribution >= 4 is 16.9 Å². The fourth-order valence-corrected chi connectivity index (χ4v) is 3.50. The molecular weight excluding hydrogens is 314 g/mol. The molecule has 8 nitrogen and oxygen atoms in total. The van der Waals surface area contributed by atoms with Crippen molar-refractivity contribution < 1.29 is 24.4 Å². The van der Waals surface area contributed by atoms with Gasteiger partial charge in [-0.1, -0.05) is 0 Å². The number of aliphatic hydroxyl groups excluding tert-OH is 2. The second-order valence-electron chi connectivity index (χ2n) is 6.98. The molecule has 1 aromatic carbocycles. The van der Waals surface area contributed by atoms with Crippen molar-refractivity contribution in [1.82, 2.24) is 15.2 Å². The summed E-state index contributed by atoms with van der Waals surface area (Å²) in [4.78, 5) is 14.0. The van der Waals surface area contributed by atoms with Crippen LogP contribution in [0.2, 0.25) is 0 Å². The third kappa shape index (κ3) is 2.25. The number of carbonyl (C=O) groups excluding carboxylic acids is 1. The highest BCUT2D eigenvalue weighted by atomic mass is 16.6. The minimum atomic E-state index is -0.948. The Balaban J connectivity index is 1.86. The number of nitrogens with zero attached hydrogens (tertiary/aromatic N) is 3. The van der Waals surface area contributed by atoms with Crippen molar-refractivity contribution in [3.63, 3.8) is 0 Å². The maximum Gasteiger partial charge on any atom is 0.223 e. The molecule has 0 saturated carbocycles. The van der Waals surface area contributed by atoms with Gasteiger partial charge in [0, 0.05) is 24.6 Å². The molecule has 0 aliphatic carbocycles. The van der Waals surface area contributed by atoms with E-state index in [1.54, 1.807) is 30.9 Å². The van der Waals surface area contributed by atoms with E-state index in [-0.39, 0.29) is 18.9 Å². The molecule has 2 N–H and O–H groups in total. The SMILES string of the molecule is CC1(C)Oc2cc3nonc3cc2C(N2CC(O)CCC2=O)C1O. The lowest BCUT2D eigenvalue weighted by atomic mass is 9.84. The second-order valence-corrected chi connectivity index (χ2v) is 6.98. The summed E-state index contributed by atoms with van der Waals surface area (Å²) in [6.07, 6.45) is -0.843. The van der Waals surface area contributed by atoms with Crippen LogP contribution in [-0.4, -0.2) is 55.7 Å². The first-order chi connectivity index (χ1) is 11.4. The number of fused-ring (bicyclic) bond motifs is 2. The Morgan fingerprint density at radius 1 is 1.25 bits per heavy atom. The highest BCUT2D eigenvalue weighted by Gasteiger charge is 2.48. The van der Waals surface area contributed by atoms with Crippen LogP contribution in [0.4, 0.5) is 0 Å². The molecule has 1 saturated heterocycles. The van der Waals surface area contributed by atoms with Crippen LogP contribution in [0, 0.1) is 0 Å². The van der Waals surface area contributed by atoms with Gasteiger partial charge in [0.05, 0.1) is 12.1 Å². The van der Waals surface area contributed by atoms with Crippen LogP contribution in [0.25, 0.3) is 11.0 Å². The van der Waals surface area contributed by atoms with E-state index in [4.69, 9.17) is 9.37 Å². The molecule has 1 fully saturated rings. The monoisotopic (exact) mass is 333 g/mol. The molecule has 4 rings (SSSR count). The number of β-amino-alcohol motifs (C(OH)–C–C–N with tert-alkyl or cyclic N) is 1. The summed E-state index contributed by atoms with van der Waals surface area (Å²) in [5, 5.41) is 28.5. The summed E-state index contributed by atoms with van der Waals surface area (Å²) >= 11 is 0. The summed E-state index contributed by atoms with van der Waals surface area (Å²) < 4.78 is 10.7. The van der Waals surface area contributed by atoms with Gasteiger partial charge in [0.2, 0.25) is 5.91 Å². The first-order valence-corrected chi connectivity index (χ1v) is 7.97. The summed E-state index contributed by atoms with van der Waals surface area (Å²) in [6, 6.07) is 2.80. The summed E-state index contributed by atoms with van der Waals surface area (Å²) in [5.41, 5.74) is 0.821. The molecule has 1 amide bonds. The van der Waals surface area contributed by atoms with Gasteiger partial charge in [-0.05, 0) is 36.6 Å². The number of benzene rings is 1. The van der Waals surface area contributed by atoms with E-state index in [1.165, 1.54) is 0 Å². The van der Waals surface area contributed by atoms with E-state index < -0.39 is 23.9 Å². The molecule has 8 heteroatoms. The number of rotatable bonds is 1. The summed E-state index contributed by atoms with van der Waals surface area (Å²) in [6.45, 7) is 3.72. The van der Waals surface area contributed by atoms with Crippen molar-refractivity contribution in [1.29, 1.82) is 0 Å². The summed E-state index contributed by atoms with van der Waals surface area (Å²) in [5.74, 6) is 0.442. The molecule has 0 bridgehead atoms. The number of hydrogen-bond acceptors (Lipinski definition) is 7. The summed E-state index contributed by atoms with van der Waals surface area (Å²) in [7, 11) is 0. The van der Waals surface area contributed by atoms with Crippen LogP contribution in [0.15, 0.2) is 16.8 Å². The van der Waals surface area contributed by atoms with Gasteiger partial charge in [-0.3, -0.25) is 4.79 Å². The zero-order valence-corrected chi connectivity index (χ0v) is 13.5. The minimum absolute atomic E-state index is 0.0913. The van der Waals surface area contributed by atoms with Crippen LogP contribution in [0.3, 0.4) is 0 Å². The quantitative estimate of drug-likeness (QED) is 0.793. The van der Waals surface area contributed by atoms with Crippen molar-refractivity contribution in [3.05, 3.63) is 17.7 Å². The van der Waals surface area contributed by atoms with Crippen LogP contribution < -0.4 is 4.74 Å². The van der Waals surface area contributed by atoms with E-state index >= 15 is 0 Å². The van der Waals surface area contributed by atoms with Crippen LogP contribution in [0.1, 0.15) is 38.3 Å². The van der Waals surface area contributed by atoms with E-state index in [2.05, 4.69) is 10.3 Å². The topological polar surface area (TPSA) is 109 Å². The Kier molecular flexibility index (Phi) is 3.29. The fraction of sp³-hybridized carbons (Fsp3) is 0.562. The van der Waals surface area contributed by atoms with Crippen LogP contribution in [-0.2, 0) is 4.79 Å². The highest BCUT2D eigenvalue weighted by Crippen LogP contribution is 2.45. The Labute approximate surface area is 138 Å². The molecule has 2 aliphatic heterocycles. The molecule has 2 aromatic rings. The van der Waals surface area contributed by atoms with E-state index in [9.17, 15) is 15.0 Å². The van der Waals surface area contributed by atoms with Crippen molar-refractivity contribution in [2.45, 2.75) is 50.5 Å². The maximum absolute atomic E-state index is 12.4. The van der Waals surface area contributed by atoms with Gasteiger partial charge in [0.25, 0.3) is 0 Å². The van der Waals surface area contributed by atoms with Crippen LogP contribution in [0.5, 0.6) is 5.75 Å². The zero-order valence-electron chi connectivity index (χ0n) is 13.5. The van der Waals surface area contributed by atoms with Gasteiger partial charge in [-0.15, -0.1) is 0 Å². The van der Waals surface area contributed by atoms with Gasteiger partial charge in [0.1, 0.15) is 28.5 Å². The lowest BCUT2D eigenvalue weighted by Crippen LogP contribution is -2.57. The van der Waals surface area contributed by atoms with Crippen molar-refractivity contribution in [2.24, 2.45) is 0 Å². The van der Waals surface area contributed by atoms with Gasteiger partial charge in [0.15, 0.2) is 0 Å². The minimum Gasteiger partial charge on any atom is -0.485 e. The molecule has 0 spiro atoms. The largest absolute Gasteiger partial charge is 0.485 e. The Morgan fingerprint density at radius 3 is 2.71 bits per heavy atom. The number of ether oxygens (including phenoxy) is 1. The first-order valence-electron chi connectivity index (χ1n) is 7.97.